The number of nitrogens with one attached hydrogen (secondary N) is 1. The lowest BCUT2D eigenvalue weighted by atomic mass is 9.93. The first-order valence-corrected chi connectivity index (χ1v) is 10.6. The quantitative estimate of drug-likeness (QED) is 0.553. The Balaban J connectivity index is 1.44. The van der Waals surface area contributed by atoms with Gasteiger partial charge in [0.15, 0.2) is 0 Å². The maximum atomic E-state index is 13.4. The molecule has 1 saturated heterocycles. The van der Waals surface area contributed by atoms with E-state index in [1.54, 1.807) is 0 Å². The van der Waals surface area contributed by atoms with Crippen molar-refractivity contribution in [1.82, 2.24) is 14.5 Å². The minimum atomic E-state index is -0.227. The zero-order valence-electron chi connectivity index (χ0n) is 17.0. The number of hydrogen-bond donors (Lipinski definition) is 1. The molecule has 5 rings (SSSR count). The highest BCUT2D eigenvalue weighted by Crippen LogP contribution is 2.30. The molecule has 5 nitrogen and oxygen atoms in total. The molecule has 30 heavy (non-hydrogen) atoms. The molecule has 0 saturated carbocycles. The molecule has 1 aromatic heterocycles. The van der Waals surface area contributed by atoms with Crippen LogP contribution in [0, 0.1) is 0 Å². The van der Waals surface area contributed by atoms with Gasteiger partial charge < -0.3 is 9.88 Å². The van der Waals surface area contributed by atoms with Crippen LogP contribution in [0.5, 0.6) is 0 Å². The Kier molecular flexibility index (Phi) is 4.66. The molecule has 2 heterocycles. The van der Waals surface area contributed by atoms with Gasteiger partial charge in [0, 0.05) is 13.1 Å². The van der Waals surface area contributed by atoms with Crippen LogP contribution in [0.4, 0.5) is 0 Å². The molecule has 1 unspecified atom stereocenters. The summed E-state index contributed by atoms with van der Waals surface area (Å²) in [7, 11) is 0. The van der Waals surface area contributed by atoms with Crippen LogP contribution in [0.3, 0.4) is 0 Å². The van der Waals surface area contributed by atoms with Crippen molar-refractivity contribution in [1.29, 1.82) is 0 Å². The molecular weight excluding hydrogens is 374 g/mol. The standard InChI is InChI=1S/C25H25N3O2/c1-17(20-12-6-9-18-8-2-3-11-21(18)20)24(29)27-15-7-10-19(16-27)28-23-14-5-4-13-22(23)26-25(28)30/h2-6,8-9,11-14,17,19H,7,10,15-16H2,1H3,(H,26,30)/t17?,19-/m0/s1. The molecule has 0 spiro atoms. The molecule has 0 radical (unpaired) electrons. The Hall–Kier alpha value is -3.34. The number of likely N-dealkylation sites (tertiary alicyclic amines) is 1. The number of imidazole rings is 1. The van der Waals surface area contributed by atoms with Gasteiger partial charge in [-0.05, 0) is 48.2 Å². The second kappa shape index (κ2) is 7.48. The number of para-hydroxylation sites is 2. The average Bonchev–Trinajstić information content (AvgIpc) is 3.13. The number of benzene rings is 3. The van der Waals surface area contributed by atoms with E-state index in [0.717, 1.165) is 46.8 Å². The predicted octanol–water partition coefficient (Wildman–Crippen LogP) is 4.45. The average molecular weight is 399 g/mol. The summed E-state index contributed by atoms with van der Waals surface area (Å²) in [4.78, 5) is 30.9. The number of carbonyl (C=O) groups excluding carboxylic acids is 1. The van der Waals surface area contributed by atoms with Crippen LogP contribution < -0.4 is 5.69 Å². The highest BCUT2D eigenvalue weighted by Gasteiger charge is 2.30. The molecule has 1 aliphatic heterocycles. The summed E-state index contributed by atoms with van der Waals surface area (Å²) < 4.78 is 1.83. The number of hydrogen-bond acceptors (Lipinski definition) is 2. The van der Waals surface area contributed by atoms with E-state index in [1.165, 1.54) is 0 Å². The van der Waals surface area contributed by atoms with Gasteiger partial charge in [-0.25, -0.2) is 4.79 Å². The van der Waals surface area contributed by atoms with Gasteiger partial charge in [0.1, 0.15) is 0 Å². The maximum Gasteiger partial charge on any atom is 0.326 e. The Labute approximate surface area is 174 Å². The first-order chi connectivity index (χ1) is 14.6. The number of aromatic amines is 1. The van der Waals surface area contributed by atoms with Crippen LogP contribution in [0.1, 0.15) is 37.3 Å². The van der Waals surface area contributed by atoms with E-state index < -0.39 is 0 Å². The summed E-state index contributed by atoms with van der Waals surface area (Å²) >= 11 is 0. The van der Waals surface area contributed by atoms with Crippen LogP contribution in [0.15, 0.2) is 71.5 Å². The van der Waals surface area contributed by atoms with Crippen molar-refractivity contribution in [2.75, 3.05) is 13.1 Å². The molecule has 3 aromatic carbocycles. The van der Waals surface area contributed by atoms with Gasteiger partial charge in [-0.2, -0.15) is 0 Å². The highest BCUT2D eigenvalue weighted by molar-refractivity contribution is 5.92. The Morgan fingerprint density at radius 3 is 2.70 bits per heavy atom. The van der Waals surface area contributed by atoms with Gasteiger partial charge in [0.2, 0.25) is 5.91 Å². The normalized spacial score (nSPS) is 18.0. The minimum Gasteiger partial charge on any atom is -0.340 e. The summed E-state index contributed by atoms with van der Waals surface area (Å²) in [6.07, 6.45) is 1.79. The molecular formula is C25H25N3O2. The largest absolute Gasteiger partial charge is 0.340 e. The molecule has 1 aliphatic rings. The fraction of sp³-hybridized carbons (Fsp3) is 0.280. The van der Waals surface area contributed by atoms with Crippen molar-refractivity contribution in [3.05, 3.63) is 82.8 Å². The van der Waals surface area contributed by atoms with Gasteiger partial charge in [0.05, 0.1) is 23.0 Å². The highest BCUT2D eigenvalue weighted by atomic mass is 16.2. The van der Waals surface area contributed by atoms with E-state index in [0.29, 0.717) is 6.54 Å². The zero-order chi connectivity index (χ0) is 20.7. The minimum absolute atomic E-state index is 0.00827. The van der Waals surface area contributed by atoms with E-state index >= 15 is 0 Å². The Morgan fingerprint density at radius 1 is 1.03 bits per heavy atom. The first kappa shape index (κ1) is 18.7. The van der Waals surface area contributed by atoms with Crippen LogP contribution in [0.25, 0.3) is 21.8 Å². The maximum absolute atomic E-state index is 13.4. The van der Waals surface area contributed by atoms with E-state index in [4.69, 9.17) is 0 Å². The molecule has 5 heteroatoms. The third-order valence-corrected chi connectivity index (χ3v) is 6.36. The number of H-pyrrole nitrogens is 1. The number of nitrogens with zero attached hydrogens (tertiary/aromatic N) is 2. The third kappa shape index (κ3) is 3.11. The lowest BCUT2D eigenvalue weighted by Crippen LogP contribution is -2.44. The fourth-order valence-corrected chi connectivity index (χ4v) is 4.84. The van der Waals surface area contributed by atoms with Crippen molar-refractivity contribution in [2.45, 2.75) is 31.7 Å². The second-order valence-electron chi connectivity index (χ2n) is 8.19. The molecule has 1 fully saturated rings. The van der Waals surface area contributed by atoms with Crippen LogP contribution in [-0.4, -0.2) is 33.4 Å². The van der Waals surface area contributed by atoms with Crippen molar-refractivity contribution >= 4 is 27.7 Å². The molecule has 4 aromatic rings. The summed E-state index contributed by atoms with van der Waals surface area (Å²) in [6.45, 7) is 3.29. The van der Waals surface area contributed by atoms with Crippen molar-refractivity contribution in [3.63, 3.8) is 0 Å². The van der Waals surface area contributed by atoms with Gasteiger partial charge in [-0.15, -0.1) is 0 Å². The van der Waals surface area contributed by atoms with E-state index in [2.05, 4.69) is 29.2 Å². The monoisotopic (exact) mass is 399 g/mol. The molecule has 1 N–H and O–H groups in total. The Morgan fingerprint density at radius 2 is 1.80 bits per heavy atom. The van der Waals surface area contributed by atoms with E-state index in [9.17, 15) is 9.59 Å². The van der Waals surface area contributed by atoms with Crippen molar-refractivity contribution < 1.29 is 4.79 Å². The van der Waals surface area contributed by atoms with Crippen LogP contribution in [0.2, 0.25) is 0 Å². The van der Waals surface area contributed by atoms with Crippen LogP contribution >= 0.6 is 0 Å². The third-order valence-electron chi connectivity index (χ3n) is 6.36. The molecule has 152 valence electrons. The summed E-state index contributed by atoms with van der Waals surface area (Å²) in [6, 6.07) is 22.1. The van der Waals surface area contributed by atoms with Gasteiger partial charge in [-0.3, -0.25) is 9.36 Å². The molecule has 0 bridgehead atoms. The number of amides is 1. The number of carbonyl (C=O) groups is 1. The van der Waals surface area contributed by atoms with Gasteiger partial charge in [-0.1, -0.05) is 54.6 Å². The summed E-state index contributed by atoms with van der Waals surface area (Å²) in [5, 5.41) is 2.28. The zero-order valence-corrected chi connectivity index (χ0v) is 17.0. The second-order valence-corrected chi connectivity index (χ2v) is 8.19. The fourth-order valence-electron chi connectivity index (χ4n) is 4.84. The van der Waals surface area contributed by atoms with Crippen LogP contribution in [-0.2, 0) is 4.79 Å². The predicted molar refractivity (Wildman–Crippen MR) is 120 cm³/mol. The van der Waals surface area contributed by atoms with E-state index in [-0.39, 0.29) is 23.6 Å². The SMILES string of the molecule is CC(C(=O)N1CCC[C@H](n2c(=O)[nH]c3ccccc32)C1)c1cccc2ccccc12. The van der Waals surface area contributed by atoms with Gasteiger partial charge in [0.25, 0.3) is 0 Å². The Bertz CT molecular complexity index is 1280. The molecule has 2 atom stereocenters. The number of fused-ring (bicyclic) bond motifs is 2. The molecule has 1 amide bonds. The van der Waals surface area contributed by atoms with Crippen molar-refractivity contribution in [3.8, 4) is 0 Å². The number of aromatic nitrogens is 2. The lowest BCUT2D eigenvalue weighted by molar-refractivity contribution is -0.134. The topological polar surface area (TPSA) is 58.1 Å². The lowest BCUT2D eigenvalue weighted by Gasteiger charge is -2.35. The van der Waals surface area contributed by atoms with E-state index in [1.807, 2.05) is 58.9 Å². The molecule has 0 aliphatic carbocycles. The number of rotatable bonds is 3. The summed E-state index contributed by atoms with van der Waals surface area (Å²) in [5.74, 6) is -0.0986. The van der Waals surface area contributed by atoms with Gasteiger partial charge >= 0.3 is 5.69 Å². The first-order valence-electron chi connectivity index (χ1n) is 10.6. The smallest absolute Gasteiger partial charge is 0.326 e. The number of piperidine rings is 1. The summed E-state index contributed by atoms with van der Waals surface area (Å²) in [5.41, 5.74) is 2.71. The van der Waals surface area contributed by atoms with Crippen molar-refractivity contribution in [2.24, 2.45) is 0 Å².